The van der Waals surface area contributed by atoms with Crippen molar-refractivity contribution in [2.45, 2.75) is 27.3 Å². The van der Waals surface area contributed by atoms with Crippen LogP contribution in [0.4, 0.5) is 5.69 Å². The second-order valence-electron chi connectivity index (χ2n) is 6.89. The first-order chi connectivity index (χ1) is 13.3. The van der Waals surface area contributed by atoms with Crippen molar-refractivity contribution in [1.82, 2.24) is 4.90 Å². The molecule has 2 aromatic rings. The Balaban J connectivity index is 2.20. The van der Waals surface area contributed by atoms with Crippen LogP contribution in [0.3, 0.4) is 0 Å². The van der Waals surface area contributed by atoms with Crippen molar-refractivity contribution in [1.29, 1.82) is 0 Å². The van der Waals surface area contributed by atoms with Gasteiger partial charge in [0.2, 0.25) is 5.91 Å². The quantitative estimate of drug-likeness (QED) is 0.745. The van der Waals surface area contributed by atoms with Gasteiger partial charge in [-0.25, -0.2) is 0 Å². The van der Waals surface area contributed by atoms with Crippen molar-refractivity contribution < 1.29 is 19.1 Å². The van der Waals surface area contributed by atoms with Gasteiger partial charge in [-0.05, 0) is 42.3 Å². The molecule has 0 saturated carbocycles. The first kappa shape index (κ1) is 21.2. The Kier molecular flexibility index (Phi) is 7.32. The molecule has 2 rings (SSSR count). The van der Waals surface area contributed by atoms with Crippen LogP contribution in [0.25, 0.3) is 0 Å². The van der Waals surface area contributed by atoms with Gasteiger partial charge in [-0.1, -0.05) is 38.1 Å². The zero-order valence-electron chi connectivity index (χ0n) is 16.7. The van der Waals surface area contributed by atoms with Crippen LogP contribution in [0.15, 0.2) is 48.5 Å². The summed E-state index contributed by atoms with van der Waals surface area (Å²) in [6, 6.07) is 14.3. The number of hydrogen-bond donors (Lipinski definition) is 1. The standard InChI is InChI=1S/C22H26N2O4/c1-15(2)21(26)23-19-11-9-17(10-12-19)22(27)24(14-20(25)28-4)13-18-8-6-5-7-16(18)3/h5-12,15H,13-14H2,1-4H3,(H,23,26). The van der Waals surface area contributed by atoms with Gasteiger partial charge in [-0.3, -0.25) is 14.4 Å². The van der Waals surface area contributed by atoms with Crippen LogP contribution in [-0.2, 0) is 20.9 Å². The molecule has 0 radical (unpaired) electrons. The van der Waals surface area contributed by atoms with Gasteiger partial charge in [0, 0.05) is 23.7 Å². The number of carbonyl (C=O) groups excluding carboxylic acids is 3. The minimum Gasteiger partial charge on any atom is -0.468 e. The Morgan fingerprint density at radius 2 is 1.68 bits per heavy atom. The van der Waals surface area contributed by atoms with Gasteiger partial charge >= 0.3 is 5.97 Å². The van der Waals surface area contributed by atoms with E-state index in [1.807, 2.05) is 45.0 Å². The summed E-state index contributed by atoms with van der Waals surface area (Å²) in [6.07, 6.45) is 0. The highest BCUT2D eigenvalue weighted by atomic mass is 16.5. The van der Waals surface area contributed by atoms with Gasteiger partial charge in [0.15, 0.2) is 0 Å². The fraction of sp³-hybridized carbons (Fsp3) is 0.318. The van der Waals surface area contributed by atoms with Gasteiger partial charge in [0.05, 0.1) is 7.11 Å². The maximum atomic E-state index is 13.0. The minimum atomic E-state index is -0.484. The summed E-state index contributed by atoms with van der Waals surface area (Å²) >= 11 is 0. The van der Waals surface area contributed by atoms with E-state index in [2.05, 4.69) is 5.32 Å². The third-order valence-corrected chi connectivity index (χ3v) is 4.38. The Labute approximate surface area is 165 Å². The molecule has 1 N–H and O–H groups in total. The number of aryl methyl sites for hydroxylation is 1. The number of ether oxygens (including phenoxy) is 1. The molecule has 0 unspecified atom stereocenters. The molecule has 28 heavy (non-hydrogen) atoms. The van der Waals surface area contributed by atoms with Crippen molar-refractivity contribution in [3.63, 3.8) is 0 Å². The van der Waals surface area contributed by atoms with Gasteiger partial charge in [0.25, 0.3) is 5.91 Å². The molecule has 0 saturated heterocycles. The predicted molar refractivity (Wildman–Crippen MR) is 108 cm³/mol. The molecule has 0 aliphatic rings. The molecular formula is C22H26N2O4. The molecule has 0 aromatic heterocycles. The number of nitrogens with one attached hydrogen (secondary N) is 1. The summed E-state index contributed by atoms with van der Waals surface area (Å²) < 4.78 is 4.74. The summed E-state index contributed by atoms with van der Waals surface area (Å²) in [5.41, 5.74) is 3.05. The number of anilines is 1. The summed E-state index contributed by atoms with van der Waals surface area (Å²) in [5.74, 6) is -0.991. The van der Waals surface area contributed by atoms with E-state index in [0.29, 0.717) is 17.8 Å². The van der Waals surface area contributed by atoms with Gasteiger partial charge in [-0.2, -0.15) is 0 Å². The number of carbonyl (C=O) groups is 3. The number of benzene rings is 2. The van der Waals surface area contributed by atoms with Crippen LogP contribution in [0.2, 0.25) is 0 Å². The molecule has 0 aliphatic carbocycles. The molecular weight excluding hydrogens is 356 g/mol. The molecule has 6 heteroatoms. The van der Waals surface area contributed by atoms with E-state index in [4.69, 9.17) is 4.74 Å². The normalized spacial score (nSPS) is 10.5. The van der Waals surface area contributed by atoms with E-state index in [-0.39, 0.29) is 24.3 Å². The Morgan fingerprint density at radius 1 is 1.04 bits per heavy atom. The smallest absolute Gasteiger partial charge is 0.325 e. The lowest BCUT2D eigenvalue weighted by molar-refractivity contribution is -0.141. The maximum absolute atomic E-state index is 13.0. The monoisotopic (exact) mass is 382 g/mol. The van der Waals surface area contributed by atoms with E-state index in [9.17, 15) is 14.4 Å². The SMILES string of the molecule is COC(=O)CN(Cc1ccccc1C)C(=O)c1ccc(NC(=O)C(C)C)cc1. The molecule has 6 nitrogen and oxygen atoms in total. The first-order valence-corrected chi connectivity index (χ1v) is 9.13. The number of rotatable bonds is 7. The predicted octanol–water partition coefficient (Wildman–Crippen LogP) is 3.40. The largest absolute Gasteiger partial charge is 0.468 e. The number of methoxy groups -OCH3 is 1. The summed E-state index contributed by atoms with van der Waals surface area (Å²) in [6.45, 7) is 5.73. The summed E-state index contributed by atoms with van der Waals surface area (Å²) in [7, 11) is 1.30. The van der Waals surface area contributed by atoms with E-state index in [1.54, 1.807) is 24.3 Å². The molecule has 0 atom stereocenters. The Morgan fingerprint density at radius 3 is 2.25 bits per heavy atom. The van der Waals surface area contributed by atoms with E-state index < -0.39 is 5.97 Å². The van der Waals surface area contributed by atoms with Gasteiger partial charge < -0.3 is 15.0 Å². The van der Waals surface area contributed by atoms with E-state index in [0.717, 1.165) is 11.1 Å². The lowest BCUT2D eigenvalue weighted by atomic mass is 10.1. The maximum Gasteiger partial charge on any atom is 0.325 e. The first-order valence-electron chi connectivity index (χ1n) is 9.13. The minimum absolute atomic E-state index is 0.0917. The second-order valence-corrected chi connectivity index (χ2v) is 6.89. The van der Waals surface area contributed by atoms with Crippen LogP contribution >= 0.6 is 0 Å². The second kappa shape index (κ2) is 9.69. The zero-order chi connectivity index (χ0) is 20.7. The highest BCUT2D eigenvalue weighted by Gasteiger charge is 2.20. The number of amides is 2. The molecule has 0 heterocycles. The highest BCUT2D eigenvalue weighted by molar-refractivity contribution is 5.97. The van der Waals surface area contributed by atoms with Crippen molar-refractivity contribution in [2.24, 2.45) is 5.92 Å². The highest BCUT2D eigenvalue weighted by Crippen LogP contribution is 2.16. The number of nitrogens with zero attached hydrogens (tertiary/aromatic N) is 1. The zero-order valence-corrected chi connectivity index (χ0v) is 16.7. The summed E-state index contributed by atoms with van der Waals surface area (Å²) in [5, 5.41) is 2.79. The third-order valence-electron chi connectivity index (χ3n) is 4.38. The summed E-state index contributed by atoms with van der Waals surface area (Å²) in [4.78, 5) is 38.0. The van der Waals surface area contributed by atoms with Crippen LogP contribution in [0.5, 0.6) is 0 Å². The molecule has 0 aliphatic heterocycles. The molecule has 0 fully saturated rings. The van der Waals surface area contributed by atoms with Crippen LogP contribution in [0, 0.1) is 12.8 Å². The molecule has 2 amide bonds. The van der Waals surface area contributed by atoms with Crippen LogP contribution in [0.1, 0.15) is 35.3 Å². The van der Waals surface area contributed by atoms with E-state index >= 15 is 0 Å². The molecule has 148 valence electrons. The van der Waals surface area contributed by atoms with Crippen molar-refractivity contribution >= 4 is 23.5 Å². The molecule has 2 aromatic carbocycles. The van der Waals surface area contributed by atoms with E-state index in [1.165, 1.54) is 12.0 Å². The molecule has 0 bridgehead atoms. The number of hydrogen-bond acceptors (Lipinski definition) is 4. The topological polar surface area (TPSA) is 75.7 Å². The fourth-order valence-corrected chi connectivity index (χ4v) is 2.58. The van der Waals surface area contributed by atoms with Gasteiger partial charge in [0.1, 0.15) is 6.54 Å². The van der Waals surface area contributed by atoms with Crippen molar-refractivity contribution in [2.75, 3.05) is 19.0 Å². The molecule has 0 spiro atoms. The van der Waals surface area contributed by atoms with Crippen LogP contribution in [-0.4, -0.2) is 36.3 Å². The lowest BCUT2D eigenvalue weighted by Crippen LogP contribution is -2.36. The average molecular weight is 382 g/mol. The Hall–Kier alpha value is -3.15. The lowest BCUT2D eigenvalue weighted by Gasteiger charge is -2.22. The average Bonchev–Trinajstić information content (AvgIpc) is 2.68. The van der Waals surface area contributed by atoms with Gasteiger partial charge in [-0.15, -0.1) is 0 Å². The van der Waals surface area contributed by atoms with Crippen LogP contribution < -0.4 is 5.32 Å². The Bertz CT molecular complexity index is 844. The number of esters is 1. The fourth-order valence-electron chi connectivity index (χ4n) is 2.58. The van der Waals surface area contributed by atoms with Crippen molar-refractivity contribution in [3.8, 4) is 0 Å². The third kappa shape index (κ3) is 5.67. The van der Waals surface area contributed by atoms with Crippen molar-refractivity contribution in [3.05, 3.63) is 65.2 Å².